The van der Waals surface area contributed by atoms with Crippen LogP contribution in [0.4, 0.5) is 4.39 Å². The minimum atomic E-state index is -0.269. The van der Waals surface area contributed by atoms with Gasteiger partial charge < -0.3 is 19.9 Å². The van der Waals surface area contributed by atoms with Gasteiger partial charge in [0.25, 0.3) is 11.8 Å². The number of benzene rings is 2. The number of halogens is 2. The zero-order chi connectivity index (χ0) is 25.2. The smallest absolute Gasteiger partial charge is 0.271 e. The maximum Gasteiger partial charge on any atom is 0.271 e. The summed E-state index contributed by atoms with van der Waals surface area (Å²) in [6.45, 7) is 4.46. The van der Waals surface area contributed by atoms with Crippen LogP contribution in [0.2, 0.25) is 0 Å². The van der Waals surface area contributed by atoms with Gasteiger partial charge in [-0.1, -0.05) is 42.5 Å². The molecule has 2 N–H and O–H groups in total. The van der Waals surface area contributed by atoms with Gasteiger partial charge in [0.2, 0.25) is 0 Å². The average molecular weight is 521 g/mol. The van der Waals surface area contributed by atoms with Crippen LogP contribution < -0.4 is 10.6 Å². The highest BCUT2D eigenvalue weighted by Gasteiger charge is 2.29. The van der Waals surface area contributed by atoms with E-state index in [0.29, 0.717) is 36.3 Å². The molecule has 0 aliphatic carbocycles. The van der Waals surface area contributed by atoms with Crippen molar-refractivity contribution in [3.8, 4) is 11.1 Å². The van der Waals surface area contributed by atoms with Crippen LogP contribution in [-0.4, -0.2) is 54.3 Å². The zero-order valence-corrected chi connectivity index (χ0v) is 21.7. The third kappa shape index (κ3) is 4.97. The highest BCUT2D eigenvalue weighted by Crippen LogP contribution is 2.37. The van der Waals surface area contributed by atoms with E-state index in [4.69, 9.17) is 0 Å². The van der Waals surface area contributed by atoms with Crippen LogP contribution in [-0.2, 0) is 6.42 Å². The van der Waals surface area contributed by atoms with Crippen LogP contribution in [0.15, 0.2) is 66.9 Å². The van der Waals surface area contributed by atoms with E-state index in [0.717, 1.165) is 40.9 Å². The normalized spacial score (nSPS) is 13.3. The van der Waals surface area contributed by atoms with Gasteiger partial charge in [-0.15, -0.1) is 12.4 Å². The van der Waals surface area contributed by atoms with Crippen molar-refractivity contribution >= 4 is 29.7 Å². The summed E-state index contributed by atoms with van der Waals surface area (Å²) in [5.74, 6) is -0.532. The molecule has 8 heteroatoms. The number of nitrogens with zero attached hydrogens (tertiary/aromatic N) is 2. The van der Waals surface area contributed by atoms with E-state index in [2.05, 4.69) is 10.6 Å². The fourth-order valence-corrected chi connectivity index (χ4v) is 4.97. The largest absolute Gasteiger partial charge is 0.355 e. The second-order valence-corrected chi connectivity index (χ2v) is 9.06. The molecular weight excluding hydrogens is 491 g/mol. The molecule has 37 heavy (non-hydrogen) atoms. The van der Waals surface area contributed by atoms with E-state index in [9.17, 15) is 14.0 Å². The highest BCUT2D eigenvalue weighted by atomic mass is 35.5. The Morgan fingerprint density at radius 1 is 1.03 bits per heavy atom. The maximum atomic E-state index is 14.5. The molecule has 0 bridgehead atoms. The van der Waals surface area contributed by atoms with Crippen LogP contribution in [0.25, 0.3) is 16.6 Å². The van der Waals surface area contributed by atoms with Crippen molar-refractivity contribution in [2.45, 2.75) is 13.3 Å². The lowest BCUT2D eigenvalue weighted by molar-refractivity contribution is 0.0728. The van der Waals surface area contributed by atoms with E-state index in [1.807, 2.05) is 51.8 Å². The second-order valence-electron chi connectivity index (χ2n) is 9.06. The molecule has 1 fully saturated rings. The van der Waals surface area contributed by atoms with E-state index < -0.39 is 0 Å². The third-order valence-electron chi connectivity index (χ3n) is 6.95. The number of nitrogens with one attached hydrogen (secondary N) is 2. The van der Waals surface area contributed by atoms with Crippen molar-refractivity contribution in [2.24, 2.45) is 0 Å². The van der Waals surface area contributed by atoms with Crippen molar-refractivity contribution in [3.63, 3.8) is 0 Å². The van der Waals surface area contributed by atoms with Gasteiger partial charge in [0.15, 0.2) is 0 Å². The topological polar surface area (TPSA) is 65.9 Å². The van der Waals surface area contributed by atoms with Crippen molar-refractivity contribution in [1.29, 1.82) is 0 Å². The number of carbonyl (C=O) groups excluding carboxylic acids is 2. The summed E-state index contributed by atoms with van der Waals surface area (Å²) >= 11 is 0. The minimum absolute atomic E-state index is 0. The van der Waals surface area contributed by atoms with Crippen LogP contribution in [0, 0.1) is 12.7 Å². The predicted octanol–water partition coefficient (Wildman–Crippen LogP) is 4.47. The molecule has 0 radical (unpaired) electrons. The van der Waals surface area contributed by atoms with Crippen molar-refractivity contribution in [2.75, 3.05) is 33.2 Å². The zero-order valence-electron chi connectivity index (χ0n) is 20.9. The summed E-state index contributed by atoms with van der Waals surface area (Å²) in [5.41, 5.74) is 5.86. The maximum absolute atomic E-state index is 14.5. The third-order valence-corrected chi connectivity index (χ3v) is 6.95. The molecule has 4 aromatic rings. The Morgan fingerprint density at radius 2 is 1.76 bits per heavy atom. The SMILES string of the molecule is CNC(=O)c1ccn2c(C(=O)N3CCNCC3)c(Cc3cccc(F)c3C)c(-c3ccccc3)c2c1.Cl. The molecule has 0 unspecified atom stereocenters. The molecule has 2 aromatic carbocycles. The molecule has 1 saturated heterocycles. The van der Waals surface area contributed by atoms with E-state index >= 15 is 0 Å². The first kappa shape index (κ1) is 26.4. The molecule has 6 nitrogen and oxygen atoms in total. The lowest BCUT2D eigenvalue weighted by atomic mass is 9.93. The van der Waals surface area contributed by atoms with Crippen LogP contribution >= 0.6 is 12.4 Å². The van der Waals surface area contributed by atoms with Gasteiger partial charge in [0, 0.05) is 57.0 Å². The summed E-state index contributed by atoms with van der Waals surface area (Å²) in [6.07, 6.45) is 2.18. The number of fused-ring (bicyclic) bond motifs is 1. The quantitative estimate of drug-likeness (QED) is 0.408. The number of piperazine rings is 1. The minimum Gasteiger partial charge on any atom is -0.355 e. The Kier molecular flexibility index (Phi) is 7.95. The van der Waals surface area contributed by atoms with Gasteiger partial charge in [-0.3, -0.25) is 9.59 Å². The number of hydrogen-bond donors (Lipinski definition) is 2. The van der Waals surface area contributed by atoms with E-state index in [1.54, 1.807) is 32.3 Å². The fraction of sp³-hybridized carbons (Fsp3) is 0.241. The van der Waals surface area contributed by atoms with Gasteiger partial charge in [-0.05, 0) is 47.4 Å². The Balaban J connectivity index is 0.00000320. The number of carbonyl (C=O) groups is 2. The Bertz CT molecular complexity index is 1450. The first-order chi connectivity index (χ1) is 17.5. The Morgan fingerprint density at radius 3 is 2.46 bits per heavy atom. The summed E-state index contributed by atoms with van der Waals surface area (Å²) < 4.78 is 16.4. The first-order valence-corrected chi connectivity index (χ1v) is 12.2. The lowest BCUT2D eigenvalue weighted by Crippen LogP contribution is -2.46. The second kappa shape index (κ2) is 11.2. The molecule has 0 atom stereocenters. The van der Waals surface area contributed by atoms with Crippen LogP contribution in [0.3, 0.4) is 0 Å². The lowest BCUT2D eigenvalue weighted by Gasteiger charge is -2.28. The van der Waals surface area contributed by atoms with Crippen molar-refractivity contribution in [1.82, 2.24) is 19.9 Å². The summed E-state index contributed by atoms with van der Waals surface area (Å²) in [4.78, 5) is 28.4. The number of pyridine rings is 1. The van der Waals surface area contributed by atoms with Crippen LogP contribution in [0.1, 0.15) is 37.5 Å². The Hall–Kier alpha value is -3.68. The van der Waals surface area contributed by atoms with Gasteiger partial charge in [0.1, 0.15) is 11.5 Å². The standard InChI is InChI=1S/C29H29FN4O2.ClH/c1-19-21(9-6-10-24(19)30)17-23-26(20-7-4-3-5-8-20)25-18-22(28(35)31-2)11-14-34(25)27(23)29(36)33-15-12-32-13-16-33;/h3-11,14,18,32H,12-13,15-17H2,1-2H3,(H,31,35);1H. The molecular formula is C29H30ClFN4O2. The number of hydrogen-bond acceptors (Lipinski definition) is 3. The monoisotopic (exact) mass is 520 g/mol. The van der Waals surface area contributed by atoms with Crippen molar-refractivity contribution in [3.05, 3.63) is 101 Å². The Labute approximate surface area is 221 Å². The van der Waals surface area contributed by atoms with E-state index in [-0.39, 0.29) is 30.0 Å². The molecule has 5 rings (SSSR count). The highest BCUT2D eigenvalue weighted by molar-refractivity contribution is 6.03. The summed E-state index contributed by atoms with van der Waals surface area (Å²) in [7, 11) is 1.60. The predicted molar refractivity (Wildman–Crippen MR) is 146 cm³/mol. The fourth-order valence-electron chi connectivity index (χ4n) is 4.97. The number of amides is 2. The molecule has 0 saturated carbocycles. The molecule has 0 spiro atoms. The van der Waals surface area contributed by atoms with Crippen molar-refractivity contribution < 1.29 is 14.0 Å². The number of rotatable bonds is 5. The number of aromatic nitrogens is 1. The summed E-state index contributed by atoms with van der Waals surface area (Å²) in [6, 6.07) is 18.5. The van der Waals surface area contributed by atoms with E-state index in [1.165, 1.54) is 6.07 Å². The molecule has 1 aliphatic rings. The van der Waals surface area contributed by atoms with Gasteiger partial charge >= 0.3 is 0 Å². The molecule has 3 heterocycles. The average Bonchev–Trinajstić information content (AvgIpc) is 3.24. The van der Waals surface area contributed by atoms with Crippen LogP contribution in [0.5, 0.6) is 0 Å². The summed E-state index contributed by atoms with van der Waals surface area (Å²) in [5, 5.41) is 5.98. The molecule has 2 aromatic heterocycles. The van der Waals surface area contributed by atoms with Gasteiger partial charge in [-0.2, -0.15) is 0 Å². The molecule has 1 aliphatic heterocycles. The molecule has 192 valence electrons. The first-order valence-electron chi connectivity index (χ1n) is 12.2. The van der Waals surface area contributed by atoms with Gasteiger partial charge in [0.05, 0.1) is 5.52 Å². The van der Waals surface area contributed by atoms with Gasteiger partial charge in [-0.25, -0.2) is 4.39 Å². The molecule has 2 amide bonds.